The molecule has 4 nitrogen and oxygen atoms in total. The first kappa shape index (κ1) is 16.7. The lowest BCUT2D eigenvalue weighted by Gasteiger charge is -2.24. The molecule has 1 heterocycles. The van der Waals surface area contributed by atoms with Crippen molar-refractivity contribution in [2.24, 2.45) is 5.92 Å². The number of likely N-dealkylation sites (N-methyl/N-ethyl adjacent to an activating group) is 1. The van der Waals surface area contributed by atoms with E-state index in [-0.39, 0.29) is 24.4 Å². The second-order valence-corrected chi connectivity index (χ2v) is 4.71. The highest BCUT2D eigenvalue weighted by Gasteiger charge is 2.19. The number of amides is 1. The lowest BCUT2D eigenvalue weighted by molar-refractivity contribution is -0.132. The highest BCUT2D eigenvalue weighted by atomic mass is 35.5. The molecule has 0 aromatic carbocycles. The van der Waals surface area contributed by atoms with E-state index in [0.717, 1.165) is 19.5 Å². The third-order valence-corrected chi connectivity index (χ3v) is 3.39. The van der Waals surface area contributed by atoms with E-state index in [2.05, 4.69) is 5.32 Å². The molecule has 2 unspecified atom stereocenters. The third-order valence-electron chi connectivity index (χ3n) is 3.39. The van der Waals surface area contributed by atoms with Gasteiger partial charge in [-0.2, -0.15) is 0 Å². The fourth-order valence-electron chi connectivity index (χ4n) is 2.06. The number of halogens is 1. The summed E-state index contributed by atoms with van der Waals surface area (Å²) in [6.45, 7) is 4.80. The van der Waals surface area contributed by atoms with Gasteiger partial charge in [0.25, 0.3) is 0 Å². The Labute approximate surface area is 110 Å². The van der Waals surface area contributed by atoms with E-state index in [0.29, 0.717) is 18.9 Å². The van der Waals surface area contributed by atoms with Crippen LogP contribution in [0.15, 0.2) is 0 Å². The van der Waals surface area contributed by atoms with E-state index in [1.54, 1.807) is 12.0 Å². The first-order valence-corrected chi connectivity index (χ1v) is 6.10. The molecule has 0 spiro atoms. The molecule has 1 amide bonds. The summed E-state index contributed by atoms with van der Waals surface area (Å²) in [7, 11) is 3.53. The maximum absolute atomic E-state index is 11.9. The van der Waals surface area contributed by atoms with Gasteiger partial charge in [-0.3, -0.25) is 4.79 Å². The van der Waals surface area contributed by atoms with Crippen molar-refractivity contribution in [3.05, 3.63) is 0 Å². The van der Waals surface area contributed by atoms with Crippen LogP contribution in [0.25, 0.3) is 0 Å². The predicted molar refractivity (Wildman–Crippen MR) is 71.6 cm³/mol. The number of hydrogen-bond donors (Lipinski definition) is 1. The molecule has 0 radical (unpaired) electrons. The maximum Gasteiger partial charge on any atom is 0.222 e. The van der Waals surface area contributed by atoms with Crippen molar-refractivity contribution in [3.8, 4) is 0 Å². The van der Waals surface area contributed by atoms with Gasteiger partial charge in [0.1, 0.15) is 0 Å². The van der Waals surface area contributed by atoms with Crippen molar-refractivity contribution in [2.45, 2.75) is 32.2 Å². The Balaban J connectivity index is 0.00000256. The number of nitrogens with zero attached hydrogens (tertiary/aromatic N) is 1. The molecular formula is C12H25ClN2O2. The molecule has 1 aliphatic rings. The summed E-state index contributed by atoms with van der Waals surface area (Å²) in [5, 5.41) is 3.32. The van der Waals surface area contributed by atoms with Gasteiger partial charge >= 0.3 is 0 Å². The number of methoxy groups -OCH3 is 1. The molecule has 102 valence electrons. The van der Waals surface area contributed by atoms with Crippen LogP contribution in [0.3, 0.4) is 0 Å². The Kier molecular flexibility index (Phi) is 8.56. The lowest BCUT2D eigenvalue weighted by atomic mass is 10.0. The van der Waals surface area contributed by atoms with Crippen LogP contribution in [0, 0.1) is 5.92 Å². The number of rotatable bonds is 6. The number of carbonyl (C=O) groups excluding carboxylic acids is 1. The van der Waals surface area contributed by atoms with Gasteiger partial charge in [0, 0.05) is 20.6 Å². The molecule has 0 aromatic rings. The van der Waals surface area contributed by atoms with Crippen molar-refractivity contribution in [1.82, 2.24) is 10.2 Å². The van der Waals surface area contributed by atoms with Crippen molar-refractivity contribution in [3.63, 3.8) is 0 Å². The molecule has 1 fully saturated rings. The van der Waals surface area contributed by atoms with Crippen molar-refractivity contribution < 1.29 is 9.53 Å². The second kappa shape index (κ2) is 8.72. The molecule has 5 heteroatoms. The highest BCUT2D eigenvalue weighted by Crippen LogP contribution is 2.15. The molecule has 1 rings (SSSR count). The average Bonchev–Trinajstić information content (AvgIpc) is 2.78. The van der Waals surface area contributed by atoms with E-state index < -0.39 is 0 Å². The molecule has 2 atom stereocenters. The SMILES string of the molecule is COCC(C)N(C)C(=O)CCC1CCNC1.Cl. The topological polar surface area (TPSA) is 41.6 Å². The molecule has 0 saturated carbocycles. The summed E-state index contributed by atoms with van der Waals surface area (Å²) < 4.78 is 5.05. The smallest absolute Gasteiger partial charge is 0.222 e. The van der Waals surface area contributed by atoms with Crippen LogP contribution in [0.2, 0.25) is 0 Å². The summed E-state index contributed by atoms with van der Waals surface area (Å²) in [6.07, 6.45) is 2.89. The second-order valence-electron chi connectivity index (χ2n) is 4.71. The summed E-state index contributed by atoms with van der Waals surface area (Å²) in [6, 6.07) is 0.166. The highest BCUT2D eigenvalue weighted by molar-refractivity contribution is 5.85. The maximum atomic E-state index is 11.9. The first-order valence-electron chi connectivity index (χ1n) is 6.10. The lowest BCUT2D eigenvalue weighted by Crippen LogP contribution is -2.37. The van der Waals surface area contributed by atoms with Crippen LogP contribution in [-0.4, -0.2) is 50.7 Å². The number of nitrogens with one attached hydrogen (secondary N) is 1. The van der Waals surface area contributed by atoms with Gasteiger partial charge in [-0.25, -0.2) is 0 Å². The van der Waals surface area contributed by atoms with E-state index in [1.165, 1.54) is 6.42 Å². The Morgan fingerprint density at radius 3 is 2.82 bits per heavy atom. The van der Waals surface area contributed by atoms with Gasteiger partial charge in [-0.05, 0) is 38.8 Å². The molecule has 0 aromatic heterocycles. The zero-order valence-corrected chi connectivity index (χ0v) is 11.9. The van der Waals surface area contributed by atoms with Gasteiger partial charge in [0.2, 0.25) is 5.91 Å². The minimum absolute atomic E-state index is 0. The summed E-state index contributed by atoms with van der Waals surface area (Å²) >= 11 is 0. The van der Waals surface area contributed by atoms with Gasteiger partial charge in [0.15, 0.2) is 0 Å². The van der Waals surface area contributed by atoms with Crippen LogP contribution < -0.4 is 5.32 Å². The van der Waals surface area contributed by atoms with Crippen molar-refractivity contribution in [1.29, 1.82) is 0 Å². The minimum atomic E-state index is 0. The Morgan fingerprint density at radius 1 is 1.59 bits per heavy atom. The quantitative estimate of drug-likeness (QED) is 0.786. The van der Waals surface area contributed by atoms with Gasteiger partial charge in [-0.15, -0.1) is 12.4 Å². The van der Waals surface area contributed by atoms with E-state index in [4.69, 9.17) is 4.74 Å². The van der Waals surface area contributed by atoms with Gasteiger partial charge < -0.3 is 15.0 Å². The number of hydrogen-bond acceptors (Lipinski definition) is 3. The number of carbonyl (C=O) groups is 1. The monoisotopic (exact) mass is 264 g/mol. The normalized spacial score (nSPS) is 20.8. The predicted octanol–water partition coefficient (Wildman–Crippen LogP) is 1.29. The third kappa shape index (κ3) is 5.70. The fraction of sp³-hybridized carbons (Fsp3) is 0.917. The van der Waals surface area contributed by atoms with Crippen LogP contribution in [0.1, 0.15) is 26.2 Å². The molecule has 0 aliphatic carbocycles. The number of ether oxygens (including phenoxy) is 1. The standard InChI is InChI=1S/C12H24N2O2.ClH/c1-10(9-16-3)14(2)12(15)5-4-11-6-7-13-8-11;/h10-11,13H,4-9H2,1-3H3;1H. The average molecular weight is 265 g/mol. The van der Waals surface area contributed by atoms with Gasteiger partial charge in [0.05, 0.1) is 12.6 Å². The van der Waals surface area contributed by atoms with Crippen LogP contribution in [0.5, 0.6) is 0 Å². The van der Waals surface area contributed by atoms with Crippen LogP contribution >= 0.6 is 12.4 Å². The van der Waals surface area contributed by atoms with E-state index in [9.17, 15) is 4.79 Å². The summed E-state index contributed by atoms with van der Waals surface area (Å²) in [5.41, 5.74) is 0. The van der Waals surface area contributed by atoms with E-state index >= 15 is 0 Å². The van der Waals surface area contributed by atoms with Crippen molar-refractivity contribution >= 4 is 18.3 Å². The fourth-order valence-corrected chi connectivity index (χ4v) is 2.06. The summed E-state index contributed by atoms with van der Waals surface area (Å²) in [4.78, 5) is 13.7. The molecule has 1 saturated heterocycles. The molecule has 17 heavy (non-hydrogen) atoms. The van der Waals surface area contributed by atoms with Crippen molar-refractivity contribution in [2.75, 3.05) is 33.9 Å². The molecule has 0 bridgehead atoms. The zero-order chi connectivity index (χ0) is 12.0. The van der Waals surface area contributed by atoms with Gasteiger partial charge in [-0.1, -0.05) is 0 Å². The molecular weight excluding hydrogens is 240 g/mol. The summed E-state index contributed by atoms with van der Waals surface area (Å²) in [5.74, 6) is 0.923. The molecule has 1 N–H and O–H groups in total. The first-order chi connectivity index (χ1) is 7.65. The van der Waals surface area contributed by atoms with Crippen LogP contribution in [-0.2, 0) is 9.53 Å². The zero-order valence-electron chi connectivity index (χ0n) is 11.1. The largest absolute Gasteiger partial charge is 0.383 e. The molecule has 1 aliphatic heterocycles. The Bertz CT molecular complexity index is 221. The minimum Gasteiger partial charge on any atom is -0.383 e. The van der Waals surface area contributed by atoms with E-state index in [1.807, 2.05) is 14.0 Å². The van der Waals surface area contributed by atoms with Crippen LogP contribution in [0.4, 0.5) is 0 Å². The Morgan fingerprint density at radius 2 is 2.29 bits per heavy atom. The Hall–Kier alpha value is -0.320.